The van der Waals surface area contributed by atoms with Gasteiger partial charge in [-0.25, -0.2) is 0 Å². The van der Waals surface area contributed by atoms with E-state index in [4.69, 9.17) is 0 Å². The van der Waals surface area contributed by atoms with Crippen LogP contribution in [0.1, 0.15) is 203 Å². The lowest BCUT2D eigenvalue weighted by Crippen LogP contribution is -2.01. The highest BCUT2D eigenvalue weighted by atomic mass is 79.9. The van der Waals surface area contributed by atoms with Gasteiger partial charge in [-0.3, -0.25) is 0 Å². The van der Waals surface area contributed by atoms with Gasteiger partial charge in [0.1, 0.15) is 0 Å². The molecule has 234 valence electrons. The molecule has 0 fully saturated rings. The number of halogens is 2. The first-order chi connectivity index (χ1) is 19.8. The number of benzene rings is 1. The Kier molecular flexibility index (Phi) is 27.9. The van der Waals surface area contributed by atoms with Gasteiger partial charge in [-0.05, 0) is 47.9 Å². The van der Waals surface area contributed by atoms with E-state index in [0.717, 1.165) is 10.7 Å². The topological polar surface area (TPSA) is 0 Å². The van der Waals surface area contributed by atoms with Gasteiger partial charge < -0.3 is 0 Å². The summed E-state index contributed by atoms with van der Waals surface area (Å²) in [6, 6.07) is 5.06. The molecule has 0 aliphatic heterocycles. The van der Waals surface area contributed by atoms with Crippen LogP contribution in [0.5, 0.6) is 0 Å². The maximum Gasteiger partial charge on any atom is 0.0286 e. The Hall–Kier alpha value is 0.180. The SMILES string of the molecule is CCCCCCCCCCCCCCCc1cc(CBr)c(CBr)cc1CCCCCCCCCCCCCCC. The molecule has 0 saturated heterocycles. The first kappa shape index (κ1) is 38.2. The van der Waals surface area contributed by atoms with Gasteiger partial charge in [0.05, 0.1) is 0 Å². The Morgan fingerprint density at radius 2 is 0.550 bits per heavy atom. The summed E-state index contributed by atoms with van der Waals surface area (Å²) in [4.78, 5) is 0. The molecule has 1 rings (SSSR count). The van der Waals surface area contributed by atoms with Gasteiger partial charge in [0.15, 0.2) is 0 Å². The number of alkyl halides is 2. The second kappa shape index (κ2) is 29.3. The lowest BCUT2D eigenvalue weighted by Gasteiger charge is -2.15. The van der Waals surface area contributed by atoms with E-state index in [0.29, 0.717) is 0 Å². The molecule has 0 atom stereocenters. The van der Waals surface area contributed by atoms with E-state index in [1.165, 1.54) is 191 Å². The molecule has 0 spiro atoms. The van der Waals surface area contributed by atoms with Gasteiger partial charge >= 0.3 is 0 Å². The van der Waals surface area contributed by atoms with E-state index in [1.807, 2.05) is 0 Å². The average molecular weight is 685 g/mol. The monoisotopic (exact) mass is 682 g/mol. The van der Waals surface area contributed by atoms with Gasteiger partial charge in [0, 0.05) is 10.7 Å². The van der Waals surface area contributed by atoms with Gasteiger partial charge in [0.25, 0.3) is 0 Å². The van der Waals surface area contributed by atoms with Crippen molar-refractivity contribution in [3.05, 3.63) is 34.4 Å². The van der Waals surface area contributed by atoms with Crippen molar-refractivity contribution in [3.63, 3.8) is 0 Å². The summed E-state index contributed by atoms with van der Waals surface area (Å²) in [5, 5.41) is 1.94. The van der Waals surface area contributed by atoms with Gasteiger partial charge in [-0.15, -0.1) is 0 Å². The summed E-state index contributed by atoms with van der Waals surface area (Å²) in [6.07, 6.45) is 39.8. The molecular weight excluding hydrogens is 616 g/mol. The van der Waals surface area contributed by atoms with Crippen LogP contribution in [0, 0.1) is 0 Å². The molecule has 0 N–H and O–H groups in total. The van der Waals surface area contributed by atoms with Crippen LogP contribution < -0.4 is 0 Å². The van der Waals surface area contributed by atoms with Crippen LogP contribution in [0.15, 0.2) is 12.1 Å². The highest BCUT2D eigenvalue weighted by Gasteiger charge is 2.09. The Bertz CT molecular complexity index is 611. The molecule has 0 aliphatic rings. The predicted octanol–water partition coefficient (Wildman–Crippen LogP) is 14.7. The maximum absolute atomic E-state index is 3.75. The maximum atomic E-state index is 3.75. The van der Waals surface area contributed by atoms with Crippen molar-refractivity contribution in [2.45, 2.75) is 204 Å². The third-order valence-electron chi connectivity index (χ3n) is 8.91. The van der Waals surface area contributed by atoms with E-state index in [-0.39, 0.29) is 0 Å². The minimum Gasteiger partial charge on any atom is -0.0876 e. The quantitative estimate of drug-likeness (QED) is 0.0559. The highest BCUT2D eigenvalue weighted by molar-refractivity contribution is 9.09. The number of hydrogen-bond donors (Lipinski definition) is 0. The van der Waals surface area contributed by atoms with Crippen LogP contribution >= 0.6 is 31.9 Å². The molecule has 0 radical (unpaired) electrons. The van der Waals surface area contributed by atoms with Crippen LogP contribution in [-0.2, 0) is 23.5 Å². The van der Waals surface area contributed by atoms with Crippen molar-refractivity contribution in [1.29, 1.82) is 0 Å². The largest absolute Gasteiger partial charge is 0.0876 e. The van der Waals surface area contributed by atoms with Crippen molar-refractivity contribution in [2.75, 3.05) is 0 Å². The van der Waals surface area contributed by atoms with E-state index < -0.39 is 0 Å². The first-order valence-corrected chi connectivity index (χ1v) is 20.3. The third kappa shape index (κ3) is 21.0. The summed E-state index contributed by atoms with van der Waals surface area (Å²) in [7, 11) is 0. The fraction of sp³-hybridized carbons (Fsp3) is 0.842. The zero-order valence-corrected chi connectivity index (χ0v) is 30.3. The zero-order valence-electron chi connectivity index (χ0n) is 27.1. The minimum absolute atomic E-state index is 0.971. The van der Waals surface area contributed by atoms with Crippen molar-refractivity contribution < 1.29 is 0 Å². The molecular formula is C38H68Br2. The van der Waals surface area contributed by atoms with Gasteiger partial charge in [-0.1, -0.05) is 212 Å². The number of aryl methyl sites for hydroxylation is 2. The predicted molar refractivity (Wildman–Crippen MR) is 191 cm³/mol. The fourth-order valence-electron chi connectivity index (χ4n) is 6.17. The molecule has 0 aliphatic carbocycles. The molecule has 0 nitrogen and oxygen atoms in total. The van der Waals surface area contributed by atoms with Crippen molar-refractivity contribution in [1.82, 2.24) is 0 Å². The Morgan fingerprint density at radius 1 is 0.325 bits per heavy atom. The second-order valence-corrected chi connectivity index (χ2v) is 13.8. The number of unbranched alkanes of at least 4 members (excludes halogenated alkanes) is 24. The standard InChI is InChI=1S/C38H68Br2/c1-3-5-7-9-11-13-15-17-19-21-23-25-27-29-35-31-37(33-39)38(34-40)32-36(35)30-28-26-24-22-20-18-16-14-12-10-8-6-4-2/h31-32H,3-30,33-34H2,1-2H3. The summed E-state index contributed by atoms with van der Waals surface area (Å²) < 4.78 is 0. The van der Waals surface area contributed by atoms with Crippen LogP contribution in [0.25, 0.3) is 0 Å². The first-order valence-electron chi connectivity index (χ1n) is 18.0. The Labute approximate surface area is 269 Å². The molecule has 0 saturated carbocycles. The molecule has 40 heavy (non-hydrogen) atoms. The lowest BCUT2D eigenvalue weighted by atomic mass is 9.92. The van der Waals surface area contributed by atoms with Crippen LogP contribution in [0.4, 0.5) is 0 Å². The zero-order chi connectivity index (χ0) is 28.9. The van der Waals surface area contributed by atoms with Crippen LogP contribution in [0.2, 0.25) is 0 Å². The molecule has 0 unspecified atom stereocenters. The smallest absolute Gasteiger partial charge is 0.0286 e. The minimum atomic E-state index is 0.971. The molecule has 0 amide bonds. The van der Waals surface area contributed by atoms with Crippen molar-refractivity contribution in [3.8, 4) is 0 Å². The van der Waals surface area contributed by atoms with Crippen molar-refractivity contribution >= 4 is 31.9 Å². The van der Waals surface area contributed by atoms with E-state index in [2.05, 4.69) is 57.8 Å². The summed E-state index contributed by atoms with van der Waals surface area (Å²) >= 11 is 7.50. The molecule has 1 aromatic rings. The highest BCUT2D eigenvalue weighted by Crippen LogP contribution is 2.25. The summed E-state index contributed by atoms with van der Waals surface area (Å²) in [5.41, 5.74) is 6.24. The fourth-order valence-corrected chi connectivity index (χ4v) is 7.22. The van der Waals surface area contributed by atoms with E-state index in [9.17, 15) is 0 Å². The third-order valence-corrected chi connectivity index (χ3v) is 10.1. The Morgan fingerprint density at radius 3 is 0.775 bits per heavy atom. The lowest BCUT2D eigenvalue weighted by molar-refractivity contribution is 0.537. The van der Waals surface area contributed by atoms with Gasteiger partial charge in [-0.2, -0.15) is 0 Å². The summed E-state index contributed by atoms with van der Waals surface area (Å²) in [6.45, 7) is 4.61. The molecule has 2 heteroatoms. The van der Waals surface area contributed by atoms with Crippen molar-refractivity contribution in [2.24, 2.45) is 0 Å². The molecule has 1 aromatic carbocycles. The van der Waals surface area contributed by atoms with Crippen LogP contribution in [0.3, 0.4) is 0 Å². The normalized spacial score (nSPS) is 11.5. The molecule has 0 aromatic heterocycles. The summed E-state index contributed by atoms with van der Waals surface area (Å²) in [5.74, 6) is 0. The number of hydrogen-bond acceptors (Lipinski definition) is 0. The van der Waals surface area contributed by atoms with Gasteiger partial charge in [0.2, 0.25) is 0 Å². The van der Waals surface area contributed by atoms with E-state index in [1.54, 1.807) is 11.1 Å². The molecule has 0 bridgehead atoms. The van der Waals surface area contributed by atoms with Crippen LogP contribution in [-0.4, -0.2) is 0 Å². The Balaban J connectivity index is 2.21. The van der Waals surface area contributed by atoms with E-state index >= 15 is 0 Å². The average Bonchev–Trinajstić information content (AvgIpc) is 2.97. The molecule has 0 heterocycles. The number of rotatable bonds is 30. The second-order valence-electron chi connectivity index (χ2n) is 12.6.